The highest BCUT2D eigenvalue weighted by atomic mass is 15.2. The largest absolute Gasteiger partial charge is 0.321 e. The average molecular weight is 356 g/mol. The summed E-state index contributed by atoms with van der Waals surface area (Å²) >= 11 is 0. The van der Waals surface area contributed by atoms with Crippen molar-refractivity contribution in [1.82, 2.24) is 4.98 Å². The van der Waals surface area contributed by atoms with Crippen LogP contribution in [-0.4, -0.2) is 10.8 Å². The van der Waals surface area contributed by atoms with Gasteiger partial charge in [0, 0.05) is 29.2 Å². The van der Waals surface area contributed by atoms with Crippen molar-refractivity contribution in [3.63, 3.8) is 0 Å². The SMILES string of the molecule is C=CN=C1/C(=C\C)C=C(c2ccccn2)N1c1ccc(C2(N)CCC2)cc1. The van der Waals surface area contributed by atoms with Crippen LogP contribution in [0.4, 0.5) is 5.69 Å². The number of amidine groups is 1. The van der Waals surface area contributed by atoms with Crippen molar-refractivity contribution in [2.45, 2.75) is 31.7 Å². The van der Waals surface area contributed by atoms with Crippen molar-refractivity contribution in [2.24, 2.45) is 10.7 Å². The Morgan fingerprint density at radius 1 is 1.19 bits per heavy atom. The number of aromatic nitrogens is 1. The third-order valence-corrected chi connectivity index (χ3v) is 5.40. The van der Waals surface area contributed by atoms with E-state index in [4.69, 9.17) is 5.73 Å². The predicted octanol–water partition coefficient (Wildman–Crippen LogP) is 4.77. The van der Waals surface area contributed by atoms with Gasteiger partial charge in [-0.15, -0.1) is 0 Å². The van der Waals surface area contributed by atoms with Crippen LogP contribution in [0.25, 0.3) is 5.70 Å². The number of nitrogens with two attached hydrogens (primary N) is 1. The molecule has 1 aromatic carbocycles. The van der Waals surface area contributed by atoms with Gasteiger partial charge in [0.05, 0.1) is 11.4 Å². The second-order valence-corrected chi connectivity index (χ2v) is 7.02. The van der Waals surface area contributed by atoms with Crippen molar-refractivity contribution in [3.8, 4) is 0 Å². The number of anilines is 1. The quantitative estimate of drug-likeness (QED) is 0.858. The minimum absolute atomic E-state index is 0.157. The molecule has 1 aliphatic heterocycles. The summed E-state index contributed by atoms with van der Waals surface area (Å²) in [7, 11) is 0. The van der Waals surface area contributed by atoms with E-state index in [0.717, 1.165) is 41.3 Å². The number of pyridine rings is 1. The first-order valence-electron chi connectivity index (χ1n) is 9.34. The van der Waals surface area contributed by atoms with Crippen LogP contribution in [0.1, 0.15) is 37.4 Å². The zero-order valence-electron chi connectivity index (χ0n) is 15.6. The Balaban J connectivity index is 1.78. The molecule has 0 spiro atoms. The van der Waals surface area contributed by atoms with Crippen LogP contribution in [0.3, 0.4) is 0 Å². The van der Waals surface area contributed by atoms with Gasteiger partial charge in [-0.1, -0.05) is 30.9 Å². The molecule has 2 aliphatic rings. The molecule has 2 N–H and O–H groups in total. The molecule has 4 rings (SSSR count). The average Bonchev–Trinajstić information content (AvgIpc) is 3.06. The molecular formula is C23H24N4. The van der Waals surface area contributed by atoms with Crippen LogP contribution in [0.5, 0.6) is 0 Å². The molecule has 2 aromatic rings. The minimum Gasteiger partial charge on any atom is -0.321 e. The number of nitrogens with zero attached hydrogens (tertiary/aromatic N) is 3. The molecule has 0 saturated heterocycles. The van der Waals surface area contributed by atoms with Gasteiger partial charge >= 0.3 is 0 Å². The van der Waals surface area contributed by atoms with Gasteiger partial charge in [0.25, 0.3) is 0 Å². The summed E-state index contributed by atoms with van der Waals surface area (Å²) in [6.45, 7) is 5.80. The monoisotopic (exact) mass is 356 g/mol. The molecule has 2 heterocycles. The van der Waals surface area contributed by atoms with Gasteiger partial charge in [-0.2, -0.15) is 0 Å². The predicted molar refractivity (Wildman–Crippen MR) is 112 cm³/mol. The Morgan fingerprint density at radius 3 is 2.52 bits per heavy atom. The summed E-state index contributed by atoms with van der Waals surface area (Å²) < 4.78 is 0. The maximum atomic E-state index is 6.48. The van der Waals surface area contributed by atoms with E-state index in [0.29, 0.717) is 0 Å². The molecule has 1 aromatic heterocycles. The second-order valence-electron chi connectivity index (χ2n) is 7.02. The smallest absolute Gasteiger partial charge is 0.144 e. The van der Waals surface area contributed by atoms with E-state index in [1.807, 2.05) is 31.3 Å². The van der Waals surface area contributed by atoms with Crippen molar-refractivity contribution >= 4 is 17.2 Å². The summed E-state index contributed by atoms with van der Waals surface area (Å²) in [5.41, 5.74) is 11.5. The maximum Gasteiger partial charge on any atom is 0.144 e. The highest BCUT2D eigenvalue weighted by Crippen LogP contribution is 2.40. The van der Waals surface area contributed by atoms with E-state index >= 15 is 0 Å². The van der Waals surface area contributed by atoms with E-state index in [1.165, 1.54) is 12.0 Å². The van der Waals surface area contributed by atoms with E-state index < -0.39 is 0 Å². The lowest BCUT2D eigenvalue weighted by molar-refractivity contribution is 0.253. The Kier molecular flexibility index (Phi) is 4.50. The zero-order chi connectivity index (χ0) is 18.9. The van der Waals surface area contributed by atoms with Crippen molar-refractivity contribution in [3.05, 3.63) is 90.4 Å². The van der Waals surface area contributed by atoms with Gasteiger partial charge in [0.1, 0.15) is 5.84 Å². The molecule has 0 amide bonds. The van der Waals surface area contributed by atoms with Crippen molar-refractivity contribution in [2.75, 3.05) is 4.90 Å². The molecule has 4 nitrogen and oxygen atoms in total. The molecule has 1 saturated carbocycles. The first kappa shape index (κ1) is 17.4. The normalized spacial score (nSPS) is 21.3. The molecule has 0 bridgehead atoms. The number of hydrogen-bond donors (Lipinski definition) is 1. The Labute approximate surface area is 160 Å². The van der Waals surface area contributed by atoms with Crippen LogP contribution >= 0.6 is 0 Å². The van der Waals surface area contributed by atoms with Gasteiger partial charge in [-0.25, -0.2) is 4.99 Å². The van der Waals surface area contributed by atoms with Crippen LogP contribution < -0.4 is 10.6 Å². The molecule has 1 fully saturated rings. The fourth-order valence-corrected chi connectivity index (χ4v) is 3.70. The molecule has 0 atom stereocenters. The lowest BCUT2D eigenvalue weighted by Crippen LogP contribution is -2.43. The Hall–Kier alpha value is -2.98. The molecular weight excluding hydrogens is 332 g/mol. The van der Waals surface area contributed by atoms with E-state index in [9.17, 15) is 0 Å². The highest BCUT2D eigenvalue weighted by molar-refractivity contribution is 6.23. The van der Waals surface area contributed by atoms with E-state index in [1.54, 1.807) is 6.20 Å². The van der Waals surface area contributed by atoms with Crippen molar-refractivity contribution < 1.29 is 0 Å². The third kappa shape index (κ3) is 3.02. The fraction of sp³-hybridized carbons (Fsp3) is 0.217. The topological polar surface area (TPSA) is 54.5 Å². The summed E-state index contributed by atoms with van der Waals surface area (Å²) in [4.78, 5) is 11.2. The number of allylic oxidation sites excluding steroid dienone is 1. The Bertz CT molecular complexity index is 932. The van der Waals surface area contributed by atoms with E-state index in [2.05, 4.69) is 57.9 Å². The lowest BCUT2D eigenvalue weighted by atomic mass is 9.73. The van der Waals surface area contributed by atoms with Gasteiger partial charge in [0.15, 0.2) is 0 Å². The molecule has 0 unspecified atom stereocenters. The van der Waals surface area contributed by atoms with Crippen LogP contribution in [-0.2, 0) is 5.54 Å². The number of benzene rings is 1. The summed E-state index contributed by atoms with van der Waals surface area (Å²) in [6.07, 6.45) is 10.9. The first-order valence-corrected chi connectivity index (χ1v) is 9.34. The third-order valence-electron chi connectivity index (χ3n) is 5.40. The van der Waals surface area contributed by atoms with Crippen molar-refractivity contribution in [1.29, 1.82) is 0 Å². The minimum atomic E-state index is -0.157. The van der Waals surface area contributed by atoms with Crippen LogP contribution in [0, 0.1) is 0 Å². The standard InChI is InChI=1S/C23H24N4/c1-3-17-16-21(20-8-5-6-15-26-20)27(22(17)25-4-2)19-11-9-18(10-12-19)23(24)13-7-14-23/h3-6,8-12,15-16H,2,7,13-14,24H2,1H3/b17-3-,25-22?. The van der Waals surface area contributed by atoms with Crippen LogP contribution in [0.15, 0.2) is 84.2 Å². The van der Waals surface area contributed by atoms with Crippen LogP contribution in [0.2, 0.25) is 0 Å². The Morgan fingerprint density at radius 2 is 1.96 bits per heavy atom. The number of hydrogen-bond acceptors (Lipinski definition) is 3. The first-order chi connectivity index (χ1) is 13.2. The molecule has 0 radical (unpaired) electrons. The molecule has 1 aliphatic carbocycles. The van der Waals surface area contributed by atoms with Gasteiger partial charge < -0.3 is 5.73 Å². The number of aliphatic imine (C=N–C) groups is 1. The second kappa shape index (κ2) is 6.97. The summed E-state index contributed by atoms with van der Waals surface area (Å²) in [6, 6.07) is 14.5. The van der Waals surface area contributed by atoms with Gasteiger partial charge in [-0.3, -0.25) is 9.88 Å². The highest BCUT2D eigenvalue weighted by Gasteiger charge is 2.35. The molecule has 136 valence electrons. The van der Waals surface area contributed by atoms with E-state index in [-0.39, 0.29) is 5.54 Å². The van der Waals surface area contributed by atoms with Gasteiger partial charge in [-0.05, 0) is 62.1 Å². The summed E-state index contributed by atoms with van der Waals surface area (Å²) in [5, 5.41) is 0. The summed E-state index contributed by atoms with van der Waals surface area (Å²) in [5.74, 6) is 0.854. The number of rotatable bonds is 4. The lowest BCUT2D eigenvalue weighted by Gasteiger charge is -2.38. The molecule has 27 heavy (non-hydrogen) atoms. The van der Waals surface area contributed by atoms with Gasteiger partial charge in [0.2, 0.25) is 0 Å². The zero-order valence-corrected chi connectivity index (χ0v) is 15.6. The fourth-order valence-electron chi connectivity index (χ4n) is 3.70. The molecule has 4 heteroatoms. The maximum absolute atomic E-state index is 6.48.